The van der Waals surface area contributed by atoms with Crippen LogP contribution in [0.1, 0.15) is 63.2 Å². The van der Waals surface area contributed by atoms with E-state index in [0.717, 1.165) is 88.7 Å². The summed E-state index contributed by atoms with van der Waals surface area (Å²) in [5.41, 5.74) is 2.92. The van der Waals surface area contributed by atoms with Gasteiger partial charge in [-0.2, -0.15) is 0 Å². The molecular formula is C35H50FN5O3. The first-order valence-electron chi connectivity index (χ1n) is 16.7. The number of hydrogen-bond donors (Lipinski definition) is 2. The lowest BCUT2D eigenvalue weighted by molar-refractivity contribution is 0.0595. The quantitative estimate of drug-likeness (QED) is 0.463. The van der Waals surface area contributed by atoms with Gasteiger partial charge in [0.2, 0.25) is 0 Å². The molecule has 0 saturated carbocycles. The number of carbonyl (C=O) groups is 1. The SMILES string of the molecule is CC(C)(C)C1CCN(c2cc(C(=O)N3CCC(Oc4cc(F)cc(N5CCNCC5)c4)CC3)ccc2O[C@H]2CCNC2)CC1. The number of rotatable bonds is 7. The minimum atomic E-state index is -0.279. The van der Waals surface area contributed by atoms with Crippen LogP contribution in [0.25, 0.3) is 0 Å². The molecule has 4 saturated heterocycles. The average Bonchev–Trinajstić information content (AvgIpc) is 3.54. The summed E-state index contributed by atoms with van der Waals surface area (Å²) in [4.78, 5) is 20.3. The Morgan fingerprint density at radius 3 is 2.23 bits per heavy atom. The van der Waals surface area contributed by atoms with Crippen LogP contribution in [0.5, 0.6) is 11.5 Å². The average molecular weight is 608 g/mol. The third kappa shape index (κ3) is 7.42. The van der Waals surface area contributed by atoms with Gasteiger partial charge >= 0.3 is 0 Å². The second-order valence-corrected chi connectivity index (χ2v) is 14.0. The second-order valence-electron chi connectivity index (χ2n) is 14.0. The number of halogens is 1. The molecule has 0 unspecified atom stereocenters. The summed E-state index contributed by atoms with van der Waals surface area (Å²) < 4.78 is 27.2. The molecule has 4 aliphatic heterocycles. The maximum Gasteiger partial charge on any atom is 0.253 e. The van der Waals surface area contributed by atoms with Crippen LogP contribution in [-0.4, -0.2) is 88.5 Å². The van der Waals surface area contributed by atoms with Gasteiger partial charge in [-0.3, -0.25) is 4.79 Å². The number of carbonyl (C=O) groups excluding carboxylic acids is 1. The molecule has 2 aromatic carbocycles. The number of benzene rings is 2. The molecule has 240 valence electrons. The minimum Gasteiger partial charge on any atom is -0.490 e. The van der Waals surface area contributed by atoms with E-state index in [4.69, 9.17) is 9.47 Å². The monoisotopic (exact) mass is 607 g/mol. The summed E-state index contributed by atoms with van der Waals surface area (Å²) in [5.74, 6) is 1.91. The van der Waals surface area contributed by atoms with E-state index in [-0.39, 0.29) is 23.9 Å². The Morgan fingerprint density at radius 2 is 1.55 bits per heavy atom. The molecule has 0 spiro atoms. The Labute approximate surface area is 262 Å². The normalized spacial score (nSPS) is 22.4. The number of piperazine rings is 1. The highest BCUT2D eigenvalue weighted by atomic mass is 19.1. The second kappa shape index (κ2) is 13.5. The highest BCUT2D eigenvalue weighted by molar-refractivity contribution is 5.95. The number of nitrogens with zero attached hydrogens (tertiary/aromatic N) is 3. The molecule has 4 fully saturated rings. The first kappa shape index (κ1) is 31.0. The maximum absolute atomic E-state index is 14.5. The van der Waals surface area contributed by atoms with E-state index >= 15 is 0 Å². The summed E-state index contributed by atoms with van der Waals surface area (Å²) in [6, 6.07) is 11.0. The lowest BCUT2D eigenvalue weighted by atomic mass is 9.75. The zero-order chi connectivity index (χ0) is 30.7. The van der Waals surface area contributed by atoms with E-state index in [2.05, 4.69) is 47.3 Å². The van der Waals surface area contributed by atoms with Crippen molar-refractivity contribution in [1.82, 2.24) is 15.5 Å². The Morgan fingerprint density at radius 1 is 0.795 bits per heavy atom. The van der Waals surface area contributed by atoms with E-state index in [0.29, 0.717) is 48.6 Å². The van der Waals surface area contributed by atoms with Crippen molar-refractivity contribution < 1.29 is 18.7 Å². The summed E-state index contributed by atoms with van der Waals surface area (Å²) in [6.45, 7) is 15.5. The van der Waals surface area contributed by atoms with Crippen LogP contribution in [0.2, 0.25) is 0 Å². The number of likely N-dealkylation sites (tertiary alicyclic amines) is 1. The molecule has 0 aromatic heterocycles. The van der Waals surface area contributed by atoms with Crippen LogP contribution in [0.15, 0.2) is 36.4 Å². The van der Waals surface area contributed by atoms with Gasteiger partial charge in [0, 0.05) is 95.1 Å². The fourth-order valence-electron chi connectivity index (χ4n) is 7.17. The van der Waals surface area contributed by atoms with Crippen molar-refractivity contribution in [3.05, 3.63) is 47.8 Å². The molecule has 1 amide bonds. The first-order chi connectivity index (χ1) is 21.2. The van der Waals surface area contributed by atoms with Crippen LogP contribution in [0, 0.1) is 17.2 Å². The molecule has 9 heteroatoms. The number of anilines is 2. The van der Waals surface area contributed by atoms with Crippen LogP contribution < -0.4 is 29.9 Å². The van der Waals surface area contributed by atoms with Gasteiger partial charge in [0.1, 0.15) is 29.5 Å². The van der Waals surface area contributed by atoms with E-state index in [1.807, 2.05) is 23.1 Å². The predicted molar refractivity (Wildman–Crippen MR) is 174 cm³/mol. The smallest absolute Gasteiger partial charge is 0.253 e. The first-order valence-corrected chi connectivity index (χ1v) is 16.7. The van der Waals surface area contributed by atoms with E-state index in [1.54, 1.807) is 6.07 Å². The predicted octanol–water partition coefficient (Wildman–Crippen LogP) is 4.92. The third-order valence-corrected chi connectivity index (χ3v) is 9.95. The van der Waals surface area contributed by atoms with Gasteiger partial charge in [-0.05, 0) is 61.4 Å². The molecule has 1 atom stereocenters. The highest BCUT2D eigenvalue weighted by Gasteiger charge is 2.31. The molecule has 8 nitrogen and oxygen atoms in total. The van der Waals surface area contributed by atoms with Crippen LogP contribution in [0.3, 0.4) is 0 Å². The fraction of sp³-hybridized carbons (Fsp3) is 0.629. The maximum atomic E-state index is 14.5. The van der Waals surface area contributed by atoms with Gasteiger partial charge in [-0.25, -0.2) is 4.39 Å². The molecule has 2 aromatic rings. The highest BCUT2D eigenvalue weighted by Crippen LogP contribution is 2.39. The summed E-state index contributed by atoms with van der Waals surface area (Å²) in [5, 5.41) is 6.73. The third-order valence-electron chi connectivity index (χ3n) is 9.95. The molecule has 0 bridgehead atoms. The molecule has 6 rings (SSSR count). The van der Waals surface area contributed by atoms with E-state index in [1.165, 1.54) is 6.07 Å². The van der Waals surface area contributed by atoms with Crippen molar-refractivity contribution in [2.75, 3.05) is 75.2 Å². The lowest BCUT2D eigenvalue weighted by Crippen LogP contribution is -2.43. The number of amides is 1. The Kier molecular flexibility index (Phi) is 9.52. The molecule has 4 heterocycles. The zero-order valence-corrected chi connectivity index (χ0v) is 26.7. The van der Waals surface area contributed by atoms with Gasteiger partial charge in [0.15, 0.2) is 0 Å². The van der Waals surface area contributed by atoms with Crippen molar-refractivity contribution in [1.29, 1.82) is 0 Å². The zero-order valence-electron chi connectivity index (χ0n) is 26.7. The number of nitrogens with one attached hydrogen (secondary N) is 2. The number of ether oxygens (including phenoxy) is 2. The number of piperidine rings is 2. The van der Waals surface area contributed by atoms with E-state index < -0.39 is 0 Å². The molecule has 2 N–H and O–H groups in total. The lowest BCUT2D eigenvalue weighted by Gasteiger charge is -2.40. The molecule has 4 aliphatic rings. The summed E-state index contributed by atoms with van der Waals surface area (Å²) >= 11 is 0. The van der Waals surface area contributed by atoms with Crippen LogP contribution in [0.4, 0.5) is 15.8 Å². The Bertz CT molecular complexity index is 1270. The van der Waals surface area contributed by atoms with Crippen molar-refractivity contribution in [2.45, 2.75) is 65.1 Å². The van der Waals surface area contributed by atoms with Gasteiger partial charge in [-0.15, -0.1) is 0 Å². The van der Waals surface area contributed by atoms with Crippen molar-refractivity contribution >= 4 is 17.3 Å². The van der Waals surface area contributed by atoms with Crippen LogP contribution >= 0.6 is 0 Å². The molecule has 0 radical (unpaired) electrons. The van der Waals surface area contributed by atoms with Gasteiger partial charge < -0.3 is 34.8 Å². The molecule has 0 aliphatic carbocycles. The van der Waals surface area contributed by atoms with Gasteiger partial charge in [0.25, 0.3) is 5.91 Å². The standard InChI is InChI=1S/C35H50FN5O3/c1-35(2,3)26-7-14-40(15-8-26)32-20-25(4-5-33(32)44-30-6-11-38-24-30)34(42)41-16-9-29(10-17-41)43-31-22-27(36)21-28(23-31)39-18-12-37-13-19-39/h4-5,20-23,26,29-30,37-38H,6-19,24H2,1-3H3/t30-/m0/s1. The minimum absolute atomic E-state index is 0.0489. The summed E-state index contributed by atoms with van der Waals surface area (Å²) in [6.07, 6.45) is 4.82. The fourth-order valence-corrected chi connectivity index (χ4v) is 7.17. The van der Waals surface area contributed by atoms with Gasteiger partial charge in [0.05, 0.1) is 5.69 Å². The Hall–Kier alpha value is -3.04. The topological polar surface area (TPSA) is 69.3 Å². The number of hydrogen-bond acceptors (Lipinski definition) is 7. The summed E-state index contributed by atoms with van der Waals surface area (Å²) in [7, 11) is 0. The van der Waals surface area contributed by atoms with Crippen molar-refractivity contribution in [3.63, 3.8) is 0 Å². The van der Waals surface area contributed by atoms with Crippen LogP contribution in [-0.2, 0) is 0 Å². The van der Waals surface area contributed by atoms with Gasteiger partial charge in [-0.1, -0.05) is 20.8 Å². The largest absolute Gasteiger partial charge is 0.490 e. The Balaban J connectivity index is 1.10. The molecule has 44 heavy (non-hydrogen) atoms. The molecular weight excluding hydrogens is 557 g/mol. The van der Waals surface area contributed by atoms with E-state index in [9.17, 15) is 9.18 Å². The van der Waals surface area contributed by atoms with Crippen molar-refractivity contribution in [3.8, 4) is 11.5 Å². The van der Waals surface area contributed by atoms with Crippen molar-refractivity contribution in [2.24, 2.45) is 11.3 Å².